The summed E-state index contributed by atoms with van der Waals surface area (Å²) in [5.41, 5.74) is 7.74. The van der Waals surface area contributed by atoms with E-state index in [1.807, 2.05) is 0 Å². The molecule has 52 valence electrons. The fourth-order valence-corrected chi connectivity index (χ4v) is 0.256. The molecule has 0 heterocycles. The summed E-state index contributed by atoms with van der Waals surface area (Å²) in [6, 6.07) is 0. The predicted octanol–water partition coefficient (Wildman–Crippen LogP) is 1.45. The van der Waals surface area contributed by atoms with Crippen molar-refractivity contribution in [3.63, 3.8) is 0 Å². The lowest BCUT2D eigenvalue weighted by atomic mass is 10.5. The largest absolute Gasteiger partial charge is 0.478 e. The molecule has 0 aliphatic heterocycles. The van der Waals surface area contributed by atoms with E-state index < -0.39 is 5.97 Å². The van der Waals surface area contributed by atoms with Gasteiger partial charge in [-0.15, -0.1) is 0 Å². The number of allylic oxidation sites excluding steroid dienone is 2. The van der Waals surface area contributed by atoms with Gasteiger partial charge in [-0.2, -0.15) is 0 Å². The first-order valence-corrected chi connectivity index (χ1v) is 2.37. The highest BCUT2D eigenvalue weighted by molar-refractivity contribution is 5.80. The fraction of sp³-hybridized carbons (Fsp3) is 0. The Kier molecular flexibility index (Phi) is 4.46. The molecular formula is C5H5N3O2. The monoisotopic (exact) mass is 139 g/mol. The fourth-order valence-electron chi connectivity index (χ4n) is 0.256. The van der Waals surface area contributed by atoms with Gasteiger partial charge in [0.25, 0.3) is 0 Å². The van der Waals surface area contributed by atoms with Crippen LogP contribution in [-0.4, -0.2) is 11.1 Å². The van der Waals surface area contributed by atoms with E-state index >= 15 is 0 Å². The van der Waals surface area contributed by atoms with Gasteiger partial charge in [0.1, 0.15) is 0 Å². The normalized spacial score (nSPS) is 10.0. The first-order valence-electron chi connectivity index (χ1n) is 2.37. The number of hydrogen-bond acceptors (Lipinski definition) is 2. The summed E-state index contributed by atoms with van der Waals surface area (Å²) in [6.45, 7) is 0. The summed E-state index contributed by atoms with van der Waals surface area (Å²) >= 11 is 0. The van der Waals surface area contributed by atoms with Crippen LogP contribution < -0.4 is 0 Å². The van der Waals surface area contributed by atoms with E-state index in [0.29, 0.717) is 0 Å². The summed E-state index contributed by atoms with van der Waals surface area (Å²) in [7, 11) is 0. The molecule has 0 fully saturated rings. The van der Waals surface area contributed by atoms with Crippen LogP contribution in [-0.2, 0) is 4.79 Å². The number of aliphatic carboxylic acids is 1. The minimum Gasteiger partial charge on any atom is -0.478 e. The molecular weight excluding hydrogens is 134 g/mol. The Morgan fingerprint density at radius 3 is 2.80 bits per heavy atom. The van der Waals surface area contributed by atoms with E-state index in [1.54, 1.807) is 0 Å². The molecule has 0 saturated heterocycles. The summed E-state index contributed by atoms with van der Waals surface area (Å²) in [6.07, 6.45) is 4.67. The van der Waals surface area contributed by atoms with E-state index in [4.69, 9.17) is 10.6 Å². The van der Waals surface area contributed by atoms with Crippen LogP contribution >= 0.6 is 0 Å². The standard InChI is InChI=1S/C5H5N3O2/c6-8-7-4-2-1-3-5(9)10/h1-4H,(H,9,10)/b3-1+,4-2+. The maximum atomic E-state index is 9.81. The van der Waals surface area contributed by atoms with Gasteiger partial charge in [0.15, 0.2) is 0 Å². The second-order valence-corrected chi connectivity index (χ2v) is 1.24. The van der Waals surface area contributed by atoms with Crippen molar-refractivity contribution in [3.05, 3.63) is 34.9 Å². The lowest BCUT2D eigenvalue weighted by molar-refractivity contribution is -0.131. The van der Waals surface area contributed by atoms with Crippen molar-refractivity contribution in [3.8, 4) is 0 Å². The second kappa shape index (κ2) is 5.40. The minimum absolute atomic E-state index is 0.934. The molecule has 0 aliphatic rings. The zero-order chi connectivity index (χ0) is 7.82. The maximum Gasteiger partial charge on any atom is 0.328 e. The summed E-state index contributed by atoms with van der Waals surface area (Å²) in [5, 5.41) is 11.1. The molecule has 0 saturated carbocycles. The topological polar surface area (TPSA) is 86.1 Å². The van der Waals surface area contributed by atoms with Gasteiger partial charge in [0, 0.05) is 17.2 Å². The highest BCUT2D eigenvalue weighted by atomic mass is 16.4. The Bertz CT molecular complexity index is 203. The number of azide groups is 1. The lowest BCUT2D eigenvalue weighted by Gasteiger charge is -1.72. The van der Waals surface area contributed by atoms with Crippen LogP contribution in [0.1, 0.15) is 0 Å². The first kappa shape index (κ1) is 8.26. The number of hydrogen-bond donors (Lipinski definition) is 1. The lowest BCUT2D eigenvalue weighted by Crippen LogP contribution is -1.83. The van der Waals surface area contributed by atoms with Gasteiger partial charge >= 0.3 is 5.97 Å². The van der Waals surface area contributed by atoms with Crippen molar-refractivity contribution in [1.82, 2.24) is 0 Å². The molecule has 1 N–H and O–H groups in total. The van der Waals surface area contributed by atoms with Crippen molar-refractivity contribution in [1.29, 1.82) is 0 Å². The van der Waals surface area contributed by atoms with E-state index in [2.05, 4.69) is 10.0 Å². The molecule has 0 atom stereocenters. The van der Waals surface area contributed by atoms with E-state index in [9.17, 15) is 4.79 Å². The Morgan fingerprint density at radius 2 is 2.30 bits per heavy atom. The average molecular weight is 139 g/mol. The van der Waals surface area contributed by atoms with Crippen molar-refractivity contribution >= 4 is 5.97 Å². The Morgan fingerprint density at radius 1 is 1.60 bits per heavy atom. The van der Waals surface area contributed by atoms with Crippen LogP contribution in [0, 0.1) is 0 Å². The summed E-state index contributed by atoms with van der Waals surface area (Å²) < 4.78 is 0. The van der Waals surface area contributed by atoms with E-state index in [-0.39, 0.29) is 0 Å². The van der Waals surface area contributed by atoms with Crippen LogP contribution in [0.15, 0.2) is 29.5 Å². The molecule has 0 radical (unpaired) electrons. The number of carboxylic acids is 1. The number of rotatable bonds is 3. The molecule has 0 bridgehead atoms. The van der Waals surface area contributed by atoms with Crippen LogP contribution in [0.25, 0.3) is 10.4 Å². The van der Waals surface area contributed by atoms with Gasteiger partial charge in [-0.1, -0.05) is 17.3 Å². The van der Waals surface area contributed by atoms with Gasteiger partial charge in [-0.05, 0) is 5.53 Å². The third kappa shape index (κ3) is 6.26. The van der Waals surface area contributed by atoms with Gasteiger partial charge in [-0.25, -0.2) is 4.79 Å². The van der Waals surface area contributed by atoms with Crippen LogP contribution in [0.3, 0.4) is 0 Å². The molecule has 0 aliphatic carbocycles. The molecule has 0 rings (SSSR count). The SMILES string of the molecule is [N-]=[N+]=N/C=C/C=C/C(=O)O. The van der Waals surface area contributed by atoms with Crippen molar-refractivity contribution in [2.75, 3.05) is 0 Å². The average Bonchev–Trinajstić information content (AvgIpc) is 1.87. The molecule has 0 aromatic carbocycles. The predicted molar refractivity (Wildman–Crippen MR) is 35.1 cm³/mol. The minimum atomic E-state index is -1.04. The van der Waals surface area contributed by atoms with Gasteiger partial charge in [-0.3, -0.25) is 0 Å². The Balaban J connectivity index is 3.72. The van der Waals surface area contributed by atoms with E-state index in [1.165, 1.54) is 12.2 Å². The van der Waals surface area contributed by atoms with Crippen LogP contribution in [0.4, 0.5) is 0 Å². The number of carboxylic acid groups (broad SMARTS) is 1. The third-order valence-corrected chi connectivity index (χ3v) is 0.554. The molecule has 5 heteroatoms. The third-order valence-electron chi connectivity index (χ3n) is 0.554. The van der Waals surface area contributed by atoms with Crippen molar-refractivity contribution < 1.29 is 9.90 Å². The molecule has 10 heavy (non-hydrogen) atoms. The Hall–Kier alpha value is -1.74. The van der Waals surface area contributed by atoms with Crippen LogP contribution in [0.5, 0.6) is 0 Å². The summed E-state index contributed by atoms with van der Waals surface area (Å²) in [4.78, 5) is 12.2. The first-order chi connectivity index (χ1) is 4.77. The quantitative estimate of drug-likeness (QED) is 0.211. The highest BCUT2D eigenvalue weighted by Crippen LogP contribution is 1.78. The van der Waals surface area contributed by atoms with E-state index in [0.717, 1.165) is 12.3 Å². The maximum absolute atomic E-state index is 9.81. The zero-order valence-electron chi connectivity index (χ0n) is 5.01. The highest BCUT2D eigenvalue weighted by Gasteiger charge is 1.78. The molecule has 5 nitrogen and oxygen atoms in total. The molecule has 0 aromatic rings. The molecule has 0 spiro atoms. The number of nitrogens with zero attached hydrogens (tertiary/aromatic N) is 3. The van der Waals surface area contributed by atoms with Gasteiger partial charge in [0.2, 0.25) is 0 Å². The van der Waals surface area contributed by atoms with Gasteiger partial charge in [0.05, 0.1) is 0 Å². The zero-order valence-corrected chi connectivity index (χ0v) is 5.01. The van der Waals surface area contributed by atoms with Crippen molar-refractivity contribution in [2.24, 2.45) is 5.11 Å². The van der Waals surface area contributed by atoms with Crippen molar-refractivity contribution in [2.45, 2.75) is 0 Å². The molecule has 0 aromatic heterocycles. The Labute approximate surface area is 56.9 Å². The van der Waals surface area contributed by atoms with Gasteiger partial charge < -0.3 is 5.11 Å². The molecule has 0 unspecified atom stereocenters. The second-order valence-electron chi connectivity index (χ2n) is 1.24. The van der Waals surface area contributed by atoms with Crippen LogP contribution in [0.2, 0.25) is 0 Å². The summed E-state index contributed by atoms with van der Waals surface area (Å²) in [5.74, 6) is -1.04. The number of carbonyl (C=O) groups is 1. The molecule has 0 amide bonds. The smallest absolute Gasteiger partial charge is 0.328 e.